The van der Waals surface area contributed by atoms with E-state index in [1.165, 1.54) is 0 Å². The van der Waals surface area contributed by atoms with E-state index in [0.29, 0.717) is 0 Å². The number of rotatable bonds is 4. The predicted molar refractivity (Wildman–Crippen MR) is 62.6 cm³/mol. The molecule has 1 rings (SSSR count). The van der Waals surface area contributed by atoms with E-state index in [-0.39, 0.29) is 11.4 Å². The number of carbonyl (C=O) groups is 1. The highest BCUT2D eigenvalue weighted by atomic mass is 16.2. The quantitative estimate of drug-likeness (QED) is 0.791. The maximum Gasteiger partial charge on any atom is 0.242 e. The average Bonchev–Trinajstić information content (AvgIpc) is 2.63. The van der Waals surface area contributed by atoms with Crippen LogP contribution in [0.3, 0.4) is 0 Å². The summed E-state index contributed by atoms with van der Waals surface area (Å²) in [5.41, 5.74) is 6.35. The molecule has 1 atom stereocenters. The van der Waals surface area contributed by atoms with Gasteiger partial charge in [-0.25, -0.2) is 0 Å². The third-order valence-corrected chi connectivity index (χ3v) is 2.71. The standard InChI is InChI=1S/C11H20N4O/c1-5-11(2,3)14-10(16)9(12)8-6-13-15(4)7-8/h6-7,9H,5,12H2,1-4H3,(H,14,16). The van der Waals surface area contributed by atoms with Gasteiger partial charge >= 0.3 is 0 Å². The number of hydrogen-bond donors (Lipinski definition) is 2. The number of nitrogens with two attached hydrogens (primary N) is 1. The van der Waals surface area contributed by atoms with Crippen LogP contribution in [0, 0.1) is 0 Å². The maximum absolute atomic E-state index is 11.9. The molecule has 0 aliphatic carbocycles. The van der Waals surface area contributed by atoms with Gasteiger partial charge in [-0.15, -0.1) is 0 Å². The second-order valence-corrected chi connectivity index (χ2v) is 4.65. The van der Waals surface area contributed by atoms with Crippen LogP contribution < -0.4 is 11.1 Å². The molecule has 0 aliphatic heterocycles. The molecule has 16 heavy (non-hydrogen) atoms. The summed E-state index contributed by atoms with van der Waals surface area (Å²) in [4.78, 5) is 11.9. The first-order chi connectivity index (χ1) is 7.35. The van der Waals surface area contributed by atoms with E-state index < -0.39 is 6.04 Å². The fourth-order valence-corrected chi connectivity index (χ4v) is 1.25. The van der Waals surface area contributed by atoms with Crippen molar-refractivity contribution in [1.82, 2.24) is 15.1 Å². The first-order valence-electron chi connectivity index (χ1n) is 5.42. The van der Waals surface area contributed by atoms with Gasteiger partial charge in [-0.05, 0) is 20.3 Å². The number of aromatic nitrogens is 2. The molecular weight excluding hydrogens is 204 g/mol. The zero-order valence-corrected chi connectivity index (χ0v) is 10.3. The third kappa shape index (κ3) is 3.06. The number of nitrogens with zero attached hydrogens (tertiary/aromatic N) is 2. The summed E-state index contributed by atoms with van der Waals surface area (Å²) >= 11 is 0. The summed E-state index contributed by atoms with van der Waals surface area (Å²) in [5, 5.41) is 6.91. The average molecular weight is 224 g/mol. The summed E-state index contributed by atoms with van der Waals surface area (Å²) < 4.78 is 1.63. The molecule has 0 aliphatic rings. The maximum atomic E-state index is 11.9. The van der Waals surface area contributed by atoms with Gasteiger partial charge in [-0.1, -0.05) is 6.92 Å². The number of nitrogens with one attached hydrogen (secondary N) is 1. The van der Waals surface area contributed by atoms with Crippen LogP contribution in [-0.4, -0.2) is 21.2 Å². The molecule has 1 heterocycles. The molecule has 0 saturated carbocycles. The molecular formula is C11H20N4O. The lowest BCUT2D eigenvalue weighted by atomic mass is 10.0. The minimum absolute atomic E-state index is 0.167. The van der Waals surface area contributed by atoms with Crippen molar-refractivity contribution in [2.24, 2.45) is 12.8 Å². The Hall–Kier alpha value is -1.36. The molecule has 0 aromatic carbocycles. The van der Waals surface area contributed by atoms with E-state index >= 15 is 0 Å². The Labute approximate surface area is 96.0 Å². The minimum atomic E-state index is -0.653. The minimum Gasteiger partial charge on any atom is -0.350 e. The Morgan fingerprint density at radius 2 is 2.31 bits per heavy atom. The zero-order valence-electron chi connectivity index (χ0n) is 10.3. The van der Waals surface area contributed by atoms with E-state index in [0.717, 1.165) is 12.0 Å². The molecule has 3 N–H and O–H groups in total. The van der Waals surface area contributed by atoms with Crippen LogP contribution in [0.25, 0.3) is 0 Å². The summed E-state index contributed by atoms with van der Waals surface area (Å²) in [6, 6.07) is -0.653. The monoisotopic (exact) mass is 224 g/mol. The Kier molecular flexibility index (Phi) is 3.70. The molecule has 90 valence electrons. The second-order valence-electron chi connectivity index (χ2n) is 4.65. The molecule has 1 aromatic heterocycles. The molecule has 1 unspecified atom stereocenters. The van der Waals surface area contributed by atoms with E-state index in [1.807, 2.05) is 20.8 Å². The number of aryl methyl sites for hydroxylation is 1. The Bertz CT molecular complexity index is 370. The summed E-state index contributed by atoms with van der Waals surface area (Å²) in [6.07, 6.45) is 4.23. The molecule has 0 spiro atoms. The van der Waals surface area contributed by atoms with Crippen molar-refractivity contribution in [3.8, 4) is 0 Å². The zero-order chi connectivity index (χ0) is 12.3. The molecule has 0 fully saturated rings. The van der Waals surface area contributed by atoms with Crippen LogP contribution in [0.5, 0.6) is 0 Å². The number of carbonyl (C=O) groups excluding carboxylic acids is 1. The van der Waals surface area contributed by atoms with Crippen LogP contribution in [0.1, 0.15) is 38.8 Å². The van der Waals surface area contributed by atoms with Gasteiger partial charge in [0.15, 0.2) is 0 Å². The van der Waals surface area contributed by atoms with Gasteiger partial charge in [-0.3, -0.25) is 9.48 Å². The van der Waals surface area contributed by atoms with Gasteiger partial charge in [-0.2, -0.15) is 5.10 Å². The smallest absolute Gasteiger partial charge is 0.242 e. The summed E-state index contributed by atoms with van der Waals surface area (Å²) in [6.45, 7) is 5.97. The van der Waals surface area contributed by atoms with E-state index in [4.69, 9.17) is 5.73 Å². The van der Waals surface area contributed by atoms with Crippen LogP contribution in [0.15, 0.2) is 12.4 Å². The number of amides is 1. The topological polar surface area (TPSA) is 72.9 Å². The van der Waals surface area contributed by atoms with Crippen molar-refractivity contribution < 1.29 is 4.79 Å². The molecule has 0 bridgehead atoms. The van der Waals surface area contributed by atoms with Gasteiger partial charge in [0, 0.05) is 24.3 Å². The van der Waals surface area contributed by atoms with Crippen molar-refractivity contribution in [2.75, 3.05) is 0 Å². The predicted octanol–water partition coefficient (Wildman–Crippen LogP) is 0.725. The van der Waals surface area contributed by atoms with Crippen molar-refractivity contribution in [3.05, 3.63) is 18.0 Å². The first kappa shape index (κ1) is 12.7. The van der Waals surface area contributed by atoms with Crippen LogP contribution >= 0.6 is 0 Å². The van der Waals surface area contributed by atoms with E-state index in [9.17, 15) is 4.79 Å². The van der Waals surface area contributed by atoms with Crippen molar-refractivity contribution in [2.45, 2.75) is 38.8 Å². The van der Waals surface area contributed by atoms with Crippen LogP contribution in [0.4, 0.5) is 0 Å². The van der Waals surface area contributed by atoms with E-state index in [1.54, 1.807) is 24.1 Å². The molecule has 1 amide bonds. The van der Waals surface area contributed by atoms with Gasteiger partial charge in [0.1, 0.15) is 6.04 Å². The van der Waals surface area contributed by atoms with Gasteiger partial charge in [0.2, 0.25) is 5.91 Å². The van der Waals surface area contributed by atoms with Gasteiger partial charge in [0.05, 0.1) is 6.20 Å². The second kappa shape index (κ2) is 4.65. The Morgan fingerprint density at radius 3 is 2.75 bits per heavy atom. The highest BCUT2D eigenvalue weighted by molar-refractivity contribution is 5.83. The van der Waals surface area contributed by atoms with E-state index in [2.05, 4.69) is 10.4 Å². The molecule has 0 saturated heterocycles. The van der Waals surface area contributed by atoms with Crippen LogP contribution in [-0.2, 0) is 11.8 Å². The Balaban J connectivity index is 2.68. The lowest BCUT2D eigenvalue weighted by molar-refractivity contribution is -0.124. The lowest BCUT2D eigenvalue weighted by Crippen LogP contribution is -2.46. The molecule has 1 aromatic rings. The molecule has 5 nitrogen and oxygen atoms in total. The number of hydrogen-bond acceptors (Lipinski definition) is 3. The lowest BCUT2D eigenvalue weighted by Gasteiger charge is -2.26. The summed E-state index contributed by atoms with van der Waals surface area (Å²) in [7, 11) is 1.80. The fraction of sp³-hybridized carbons (Fsp3) is 0.636. The van der Waals surface area contributed by atoms with Gasteiger partial charge in [0.25, 0.3) is 0 Å². The first-order valence-corrected chi connectivity index (χ1v) is 5.42. The SMILES string of the molecule is CCC(C)(C)NC(=O)C(N)c1cnn(C)c1. The molecule has 0 radical (unpaired) electrons. The van der Waals surface area contributed by atoms with Crippen molar-refractivity contribution in [1.29, 1.82) is 0 Å². The van der Waals surface area contributed by atoms with Crippen molar-refractivity contribution >= 4 is 5.91 Å². The van der Waals surface area contributed by atoms with Gasteiger partial charge < -0.3 is 11.1 Å². The normalized spacial score (nSPS) is 13.6. The third-order valence-electron chi connectivity index (χ3n) is 2.71. The fourth-order valence-electron chi connectivity index (χ4n) is 1.25. The summed E-state index contributed by atoms with van der Waals surface area (Å²) in [5.74, 6) is -0.167. The highest BCUT2D eigenvalue weighted by Crippen LogP contribution is 2.12. The van der Waals surface area contributed by atoms with Crippen molar-refractivity contribution in [3.63, 3.8) is 0 Å². The van der Waals surface area contributed by atoms with Crippen LogP contribution in [0.2, 0.25) is 0 Å². The molecule has 5 heteroatoms. The Morgan fingerprint density at radius 1 is 1.69 bits per heavy atom. The largest absolute Gasteiger partial charge is 0.350 e. The highest BCUT2D eigenvalue weighted by Gasteiger charge is 2.23.